The van der Waals surface area contributed by atoms with Crippen molar-refractivity contribution in [2.45, 2.75) is 17.8 Å². The molecule has 0 aliphatic carbocycles. The largest absolute Gasteiger partial charge is 0.543 e. The first-order chi connectivity index (χ1) is 16.9. The molecule has 2 aliphatic heterocycles. The summed E-state index contributed by atoms with van der Waals surface area (Å²) in [5.41, 5.74) is 7.49. The molecule has 2 amide bonds. The monoisotopic (exact) mass is 514 g/mol. The number of carbonyl (C=O) groups is 3. The van der Waals surface area contributed by atoms with Crippen LogP contribution in [-0.4, -0.2) is 67.1 Å². The number of fused-ring (bicyclic) bond motifs is 2. The second kappa shape index (κ2) is 8.99. The number of aliphatic carboxylic acids is 1. The average molecular weight is 515 g/mol. The van der Waals surface area contributed by atoms with E-state index in [0.29, 0.717) is 17.7 Å². The van der Waals surface area contributed by atoms with Crippen LogP contribution in [0.3, 0.4) is 0 Å². The summed E-state index contributed by atoms with van der Waals surface area (Å²) in [6.45, 7) is 0. The van der Waals surface area contributed by atoms with Crippen molar-refractivity contribution in [3.63, 3.8) is 0 Å². The maximum absolute atomic E-state index is 13.0. The summed E-state index contributed by atoms with van der Waals surface area (Å²) in [7, 11) is 1.25. The quantitative estimate of drug-likeness (QED) is 0.141. The minimum absolute atomic E-state index is 0.0408. The minimum atomic E-state index is -1.44. The topological polar surface area (TPSA) is 183 Å². The van der Waals surface area contributed by atoms with Crippen molar-refractivity contribution in [2.75, 3.05) is 18.6 Å². The maximum atomic E-state index is 13.0. The minimum Gasteiger partial charge on any atom is -0.543 e. The fourth-order valence-corrected chi connectivity index (χ4v) is 5.81. The van der Waals surface area contributed by atoms with E-state index < -0.39 is 29.2 Å². The van der Waals surface area contributed by atoms with Crippen molar-refractivity contribution in [3.8, 4) is 0 Å². The lowest BCUT2D eigenvalue weighted by Crippen LogP contribution is -2.71. The fourth-order valence-electron chi connectivity index (χ4n) is 4.03. The molecule has 180 valence electrons. The van der Waals surface area contributed by atoms with Gasteiger partial charge in [0.2, 0.25) is 17.1 Å². The Morgan fingerprint density at radius 2 is 2.29 bits per heavy atom. The number of thioether (sulfide) groups is 1. The molecule has 5 heterocycles. The van der Waals surface area contributed by atoms with Crippen molar-refractivity contribution < 1.29 is 28.8 Å². The molecule has 0 spiro atoms. The van der Waals surface area contributed by atoms with Crippen LogP contribution in [0.15, 0.2) is 47.0 Å². The molecule has 4 N–H and O–H groups in total. The predicted molar refractivity (Wildman–Crippen MR) is 123 cm³/mol. The van der Waals surface area contributed by atoms with E-state index in [1.54, 1.807) is 6.20 Å². The van der Waals surface area contributed by atoms with E-state index in [2.05, 4.69) is 24.9 Å². The number of nitrogens with zero attached hydrogens (tertiary/aromatic N) is 5. The lowest BCUT2D eigenvalue weighted by Gasteiger charge is -2.50. The number of carboxylic acid groups (broad SMARTS) is 1. The Morgan fingerprint density at radius 3 is 3.00 bits per heavy atom. The Labute approximate surface area is 205 Å². The zero-order valence-electron chi connectivity index (χ0n) is 18.1. The molecule has 35 heavy (non-hydrogen) atoms. The number of amides is 2. The predicted octanol–water partition coefficient (Wildman–Crippen LogP) is -1.82. The van der Waals surface area contributed by atoms with Gasteiger partial charge >= 0.3 is 0 Å². The lowest BCUT2D eigenvalue weighted by atomic mass is 9.99. The van der Waals surface area contributed by atoms with Gasteiger partial charge in [0.25, 0.3) is 11.8 Å². The summed E-state index contributed by atoms with van der Waals surface area (Å²) in [6.07, 6.45) is 3.96. The third-order valence-electron chi connectivity index (χ3n) is 5.55. The molecule has 0 unspecified atom stereocenters. The molecular formula is C20H18N8O5S2. The molecule has 3 aromatic heterocycles. The highest BCUT2D eigenvalue weighted by atomic mass is 32.2. The van der Waals surface area contributed by atoms with Crippen molar-refractivity contribution in [3.05, 3.63) is 53.3 Å². The first-order valence-electron chi connectivity index (χ1n) is 10.2. The number of oxime groups is 1. The first kappa shape index (κ1) is 22.8. The number of H-pyrrole nitrogens is 1. The van der Waals surface area contributed by atoms with Crippen LogP contribution in [0, 0.1) is 0 Å². The van der Waals surface area contributed by atoms with Crippen LogP contribution >= 0.6 is 23.3 Å². The van der Waals surface area contributed by atoms with Crippen molar-refractivity contribution in [2.24, 2.45) is 5.16 Å². The van der Waals surface area contributed by atoms with Crippen molar-refractivity contribution in [1.29, 1.82) is 0 Å². The Hall–Kier alpha value is -3.98. The summed E-state index contributed by atoms with van der Waals surface area (Å²) >= 11 is 2.23. The maximum Gasteiger partial charge on any atom is 0.278 e. The van der Waals surface area contributed by atoms with Crippen LogP contribution in [0.25, 0.3) is 5.52 Å². The van der Waals surface area contributed by atoms with Crippen LogP contribution in [0.2, 0.25) is 0 Å². The average Bonchev–Trinajstić information content (AvgIpc) is 3.46. The summed E-state index contributed by atoms with van der Waals surface area (Å²) in [6, 6.07) is 4.70. The number of carbonyl (C=O) groups excluding carboxylic acids is 3. The number of pyridine rings is 1. The Morgan fingerprint density at radius 1 is 1.46 bits per heavy atom. The van der Waals surface area contributed by atoms with Gasteiger partial charge in [-0.3, -0.25) is 14.5 Å². The summed E-state index contributed by atoms with van der Waals surface area (Å²) < 4.78 is 5.76. The highest BCUT2D eigenvalue weighted by molar-refractivity contribution is 8.00. The Balaban J connectivity index is 1.37. The molecule has 0 bridgehead atoms. The molecule has 2 aliphatic rings. The molecule has 1 fully saturated rings. The summed E-state index contributed by atoms with van der Waals surface area (Å²) in [4.78, 5) is 47.6. The molecule has 0 saturated carbocycles. The van der Waals surface area contributed by atoms with Crippen LogP contribution in [0.1, 0.15) is 11.4 Å². The number of nitrogens with two attached hydrogens (primary N) is 1. The van der Waals surface area contributed by atoms with Gasteiger partial charge in [0, 0.05) is 35.8 Å². The summed E-state index contributed by atoms with van der Waals surface area (Å²) in [5.74, 6) is -2.45. The lowest BCUT2D eigenvalue weighted by molar-refractivity contribution is -0.576. The Kier molecular flexibility index (Phi) is 5.86. The van der Waals surface area contributed by atoms with Gasteiger partial charge in [0.05, 0.1) is 23.4 Å². The smallest absolute Gasteiger partial charge is 0.278 e. The molecular weight excluding hydrogens is 496 g/mol. The first-order valence-corrected chi connectivity index (χ1v) is 12.1. The molecule has 13 nitrogen and oxygen atoms in total. The number of aromatic amines is 1. The van der Waals surface area contributed by atoms with E-state index in [9.17, 15) is 19.5 Å². The van der Waals surface area contributed by atoms with E-state index in [0.717, 1.165) is 27.5 Å². The highest BCUT2D eigenvalue weighted by Crippen LogP contribution is 2.41. The highest BCUT2D eigenvalue weighted by Gasteiger charge is 2.53. The van der Waals surface area contributed by atoms with E-state index >= 15 is 0 Å². The third-order valence-corrected chi connectivity index (χ3v) is 7.43. The van der Waals surface area contributed by atoms with Gasteiger partial charge in [-0.2, -0.15) is 14.5 Å². The van der Waals surface area contributed by atoms with E-state index in [1.165, 1.54) is 18.9 Å². The number of anilines is 1. The van der Waals surface area contributed by atoms with E-state index in [4.69, 9.17) is 10.6 Å². The van der Waals surface area contributed by atoms with E-state index in [1.807, 2.05) is 28.9 Å². The van der Waals surface area contributed by atoms with Crippen LogP contribution in [0.4, 0.5) is 5.13 Å². The SMILES string of the molecule is CO/N=C(\C(=O)N[C@@H]1C(=O)N2C(C(=O)[O-])=C(Cc3c[nH][n+]4ccccc34)CS[C@@H]12)c1nsc(N)n1. The van der Waals surface area contributed by atoms with Gasteiger partial charge in [0.15, 0.2) is 11.3 Å². The van der Waals surface area contributed by atoms with Crippen LogP contribution in [-0.2, 0) is 25.6 Å². The zero-order chi connectivity index (χ0) is 24.7. The zero-order valence-corrected chi connectivity index (χ0v) is 19.8. The van der Waals surface area contributed by atoms with E-state index in [-0.39, 0.29) is 22.4 Å². The van der Waals surface area contributed by atoms with Gasteiger partial charge < -0.3 is 25.8 Å². The number of nitrogen functional groups attached to an aromatic ring is 1. The molecule has 2 atom stereocenters. The Bertz CT molecular complexity index is 1410. The van der Waals surface area contributed by atoms with Gasteiger partial charge in [-0.25, -0.2) is 0 Å². The molecule has 15 heteroatoms. The number of carboxylic acids is 1. The van der Waals surface area contributed by atoms with Gasteiger partial charge in [-0.15, -0.1) is 11.8 Å². The number of rotatable bonds is 7. The second-order valence-corrected chi connectivity index (χ2v) is 9.50. The number of β-lactam (4-membered cyclic amide) rings is 1. The summed E-state index contributed by atoms with van der Waals surface area (Å²) in [5, 5.41) is 20.9. The molecule has 5 rings (SSSR count). The molecule has 1 saturated heterocycles. The number of nitrogens with one attached hydrogen (secondary N) is 2. The van der Waals surface area contributed by atoms with Crippen molar-refractivity contribution >= 4 is 57.4 Å². The number of hydrogen-bond acceptors (Lipinski definition) is 11. The molecule has 3 aromatic rings. The van der Waals surface area contributed by atoms with Gasteiger partial charge in [-0.1, -0.05) is 9.67 Å². The second-order valence-electron chi connectivity index (χ2n) is 7.61. The molecule has 0 aromatic carbocycles. The fraction of sp³-hybridized carbons (Fsp3) is 0.250. The van der Waals surface area contributed by atoms with Gasteiger partial charge in [-0.05, 0) is 11.6 Å². The molecule has 0 radical (unpaired) electrons. The number of hydrogen-bond donors (Lipinski definition) is 3. The van der Waals surface area contributed by atoms with Crippen LogP contribution < -0.4 is 20.7 Å². The van der Waals surface area contributed by atoms with Gasteiger partial charge in [0.1, 0.15) is 18.5 Å². The normalized spacial score (nSPS) is 20.0. The number of aromatic nitrogens is 4. The van der Waals surface area contributed by atoms with Crippen molar-refractivity contribution in [1.82, 2.24) is 24.7 Å². The van der Waals surface area contributed by atoms with Crippen LogP contribution in [0.5, 0.6) is 0 Å². The standard InChI is InChI=1S/C20H18N8O5S2/c1-33-25-12(15-24-20(21)35-26-15)16(29)23-13-17(30)28-14(19(31)32)10(8-34-18(13)28)6-9-7-22-27-5-3-2-4-11(9)27/h2-5,7,13,18H,6,8H2,1H3,(H4,21,23,24,26,29,31,32)/b25-12-/t13-,18+/m1/s1. The third kappa shape index (κ3) is 3.97.